The smallest absolute Gasteiger partial charge is 0.180 e. The van der Waals surface area contributed by atoms with Crippen molar-refractivity contribution < 1.29 is 14.2 Å². The van der Waals surface area contributed by atoms with E-state index in [1.165, 1.54) is 40.6 Å². The lowest BCUT2D eigenvalue weighted by Gasteiger charge is -2.38. The zero-order valence-electron chi connectivity index (χ0n) is 13.5. The van der Waals surface area contributed by atoms with Gasteiger partial charge in [-0.15, -0.1) is 11.8 Å². The van der Waals surface area contributed by atoms with Crippen LogP contribution in [0.4, 0.5) is 0 Å². The van der Waals surface area contributed by atoms with Gasteiger partial charge in [-0.1, -0.05) is 6.42 Å². The quantitative estimate of drug-likeness (QED) is 0.835. The highest BCUT2D eigenvalue weighted by Gasteiger charge is 2.46. The fourth-order valence-electron chi connectivity index (χ4n) is 3.75. The largest absolute Gasteiger partial charge is 0.380 e. The van der Waals surface area contributed by atoms with Crippen LogP contribution in [0.2, 0.25) is 0 Å². The molecule has 1 aromatic carbocycles. The molecular formula is C18H26O3S2. The van der Waals surface area contributed by atoms with Gasteiger partial charge in [-0.25, -0.2) is 10.9 Å². The van der Waals surface area contributed by atoms with Crippen molar-refractivity contribution >= 4 is 22.7 Å². The molecule has 1 aromatic rings. The van der Waals surface area contributed by atoms with Gasteiger partial charge in [-0.3, -0.25) is 0 Å². The third-order valence-corrected chi connectivity index (χ3v) is 8.90. The van der Waals surface area contributed by atoms with Crippen LogP contribution in [0, 0.1) is 0 Å². The van der Waals surface area contributed by atoms with Crippen molar-refractivity contribution in [3.05, 3.63) is 24.3 Å². The van der Waals surface area contributed by atoms with Gasteiger partial charge >= 0.3 is 0 Å². The van der Waals surface area contributed by atoms with Crippen molar-refractivity contribution in [2.45, 2.75) is 46.5 Å². The fraction of sp³-hybridized carbons (Fsp3) is 0.667. The molecule has 0 amide bonds. The van der Waals surface area contributed by atoms with Gasteiger partial charge in [0.15, 0.2) is 5.79 Å². The highest BCUT2D eigenvalue weighted by molar-refractivity contribution is 8.17. The minimum atomic E-state index is -0.313. The van der Waals surface area contributed by atoms with Gasteiger partial charge in [-0.05, 0) is 42.0 Å². The molecule has 1 saturated carbocycles. The summed E-state index contributed by atoms with van der Waals surface area (Å²) in [6, 6.07) is 9.28. The lowest BCUT2D eigenvalue weighted by molar-refractivity contribution is -0.171. The Bertz CT molecular complexity index is 508. The van der Waals surface area contributed by atoms with Gasteiger partial charge in [0, 0.05) is 22.8 Å². The van der Waals surface area contributed by atoms with E-state index < -0.39 is 0 Å². The monoisotopic (exact) mass is 354 g/mol. The van der Waals surface area contributed by atoms with Gasteiger partial charge in [0.1, 0.15) is 0 Å². The SMILES string of the molecule is c1cc([SH]2CCOCC2)ccc1SC1CCCCC12OCCO2. The summed E-state index contributed by atoms with van der Waals surface area (Å²) < 4.78 is 17.5. The van der Waals surface area contributed by atoms with E-state index in [0.717, 1.165) is 32.8 Å². The third-order valence-electron chi connectivity index (χ3n) is 5.00. The molecule has 0 bridgehead atoms. The summed E-state index contributed by atoms with van der Waals surface area (Å²) in [5.41, 5.74) is 0. The molecule has 3 nitrogen and oxygen atoms in total. The highest BCUT2D eigenvalue weighted by atomic mass is 32.2. The first kappa shape index (κ1) is 16.3. The van der Waals surface area contributed by atoms with Crippen molar-refractivity contribution in [3.63, 3.8) is 0 Å². The molecule has 3 aliphatic rings. The van der Waals surface area contributed by atoms with Crippen LogP contribution in [0.15, 0.2) is 34.1 Å². The Morgan fingerprint density at radius 3 is 2.43 bits per heavy atom. The maximum absolute atomic E-state index is 6.03. The standard InChI is InChI=1S/C18H26O3S2/c1-2-8-18(20-9-10-21-18)17(3-1)22-15-4-6-16(7-5-15)23-13-11-19-12-14-23/h4-7,17,23H,1-3,8-14H2. The molecule has 0 aromatic heterocycles. The number of ether oxygens (including phenoxy) is 3. The second-order valence-electron chi connectivity index (χ2n) is 6.45. The van der Waals surface area contributed by atoms with Crippen LogP contribution in [0.25, 0.3) is 0 Å². The van der Waals surface area contributed by atoms with Gasteiger partial charge in [-0.2, -0.15) is 0 Å². The van der Waals surface area contributed by atoms with Crippen molar-refractivity contribution in [1.29, 1.82) is 0 Å². The molecule has 0 N–H and O–H groups in total. The predicted molar refractivity (Wildman–Crippen MR) is 97.0 cm³/mol. The van der Waals surface area contributed by atoms with E-state index in [1.54, 1.807) is 0 Å². The molecule has 2 aliphatic heterocycles. The number of thioether (sulfide) groups is 1. The minimum absolute atomic E-state index is 0.00251. The zero-order valence-corrected chi connectivity index (χ0v) is 15.2. The topological polar surface area (TPSA) is 27.7 Å². The average Bonchev–Trinajstić information content (AvgIpc) is 3.08. The molecule has 1 spiro atoms. The van der Waals surface area contributed by atoms with Crippen LogP contribution in [0.3, 0.4) is 0 Å². The Hall–Kier alpha value is -0.200. The molecule has 128 valence electrons. The van der Waals surface area contributed by atoms with Crippen LogP contribution in [0.5, 0.6) is 0 Å². The molecule has 4 rings (SSSR count). The van der Waals surface area contributed by atoms with Crippen LogP contribution < -0.4 is 0 Å². The summed E-state index contributed by atoms with van der Waals surface area (Å²) in [5.74, 6) is 2.12. The van der Waals surface area contributed by atoms with E-state index in [0.29, 0.717) is 5.25 Å². The van der Waals surface area contributed by atoms with E-state index in [2.05, 4.69) is 24.3 Å². The normalized spacial score (nSPS) is 29.0. The first-order chi connectivity index (χ1) is 11.4. The van der Waals surface area contributed by atoms with Gasteiger partial charge in [0.2, 0.25) is 0 Å². The van der Waals surface area contributed by atoms with Crippen molar-refractivity contribution in [2.24, 2.45) is 0 Å². The lowest BCUT2D eigenvalue weighted by atomic mass is 9.93. The molecule has 1 atom stereocenters. The molecular weight excluding hydrogens is 328 g/mol. The maximum atomic E-state index is 6.03. The average molecular weight is 355 g/mol. The molecule has 23 heavy (non-hydrogen) atoms. The molecule has 1 aliphatic carbocycles. The molecule has 5 heteroatoms. The van der Waals surface area contributed by atoms with Crippen LogP contribution in [-0.2, 0) is 14.2 Å². The third kappa shape index (κ3) is 3.59. The summed E-state index contributed by atoms with van der Waals surface area (Å²) in [5, 5.41) is 0.429. The Balaban J connectivity index is 1.43. The minimum Gasteiger partial charge on any atom is -0.380 e. The Morgan fingerprint density at radius 2 is 1.70 bits per heavy atom. The summed E-state index contributed by atoms with van der Waals surface area (Å²) in [7, 11) is 0.00251. The molecule has 3 fully saturated rings. The summed E-state index contributed by atoms with van der Waals surface area (Å²) >= 11 is 1.95. The second-order valence-corrected chi connectivity index (χ2v) is 10.2. The highest BCUT2D eigenvalue weighted by Crippen LogP contribution is 2.45. The van der Waals surface area contributed by atoms with Crippen LogP contribution in [0.1, 0.15) is 25.7 Å². The van der Waals surface area contributed by atoms with E-state index in [9.17, 15) is 0 Å². The van der Waals surface area contributed by atoms with E-state index >= 15 is 0 Å². The van der Waals surface area contributed by atoms with Crippen molar-refractivity contribution in [3.8, 4) is 0 Å². The number of hydrogen-bond donors (Lipinski definition) is 1. The molecule has 2 heterocycles. The second kappa shape index (κ2) is 7.36. The lowest BCUT2D eigenvalue weighted by Crippen LogP contribution is -2.44. The number of thiol groups is 1. The fourth-order valence-corrected chi connectivity index (χ4v) is 7.10. The summed E-state index contributed by atoms with van der Waals surface area (Å²) in [4.78, 5) is 2.88. The van der Waals surface area contributed by atoms with E-state index in [1.807, 2.05) is 11.8 Å². The van der Waals surface area contributed by atoms with Crippen molar-refractivity contribution in [2.75, 3.05) is 37.9 Å². The van der Waals surface area contributed by atoms with Crippen LogP contribution >= 0.6 is 22.7 Å². The van der Waals surface area contributed by atoms with E-state index in [-0.39, 0.29) is 16.7 Å². The molecule has 1 unspecified atom stereocenters. The van der Waals surface area contributed by atoms with Gasteiger partial charge in [0.05, 0.1) is 31.7 Å². The van der Waals surface area contributed by atoms with Gasteiger partial charge < -0.3 is 14.2 Å². The number of benzene rings is 1. The summed E-state index contributed by atoms with van der Waals surface area (Å²) in [6.07, 6.45) is 4.75. The summed E-state index contributed by atoms with van der Waals surface area (Å²) in [6.45, 7) is 3.37. The Kier molecular flexibility index (Phi) is 5.21. The van der Waals surface area contributed by atoms with E-state index in [4.69, 9.17) is 14.2 Å². The molecule has 2 saturated heterocycles. The Labute approximate surface area is 145 Å². The van der Waals surface area contributed by atoms with Crippen LogP contribution in [-0.4, -0.2) is 49.0 Å². The van der Waals surface area contributed by atoms with Gasteiger partial charge in [0.25, 0.3) is 0 Å². The number of rotatable bonds is 3. The zero-order chi connectivity index (χ0) is 15.5. The Morgan fingerprint density at radius 1 is 0.957 bits per heavy atom. The first-order valence-electron chi connectivity index (χ1n) is 8.73. The first-order valence-corrected chi connectivity index (χ1v) is 11.3. The van der Waals surface area contributed by atoms with Crippen molar-refractivity contribution in [1.82, 2.24) is 0 Å². The number of hydrogen-bond acceptors (Lipinski definition) is 4. The maximum Gasteiger partial charge on any atom is 0.180 e. The predicted octanol–water partition coefficient (Wildman–Crippen LogP) is 3.85. The molecule has 0 radical (unpaired) electrons.